The van der Waals surface area contributed by atoms with Gasteiger partial charge in [-0.1, -0.05) is 25.7 Å². The number of rotatable bonds is 3. The first kappa shape index (κ1) is 19.0. The smallest absolute Gasteiger partial charge is 0.330 e. The Morgan fingerprint density at radius 2 is 2.15 bits per heavy atom. The molecular weight excluding hydrogens is 351 g/mol. The number of imidazole rings is 1. The highest BCUT2D eigenvalue weighted by Crippen LogP contribution is 2.29. The molecule has 1 aromatic heterocycles. The Hall–Kier alpha value is -2.79. The van der Waals surface area contributed by atoms with Crippen molar-refractivity contribution in [2.45, 2.75) is 13.8 Å². The Morgan fingerprint density at radius 1 is 1.41 bits per heavy atom. The van der Waals surface area contributed by atoms with Crippen molar-refractivity contribution in [3.63, 3.8) is 0 Å². The Balaban J connectivity index is 1.95. The summed E-state index contributed by atoms with van der Waals surface area (Å²) in [5.74, 6) is 5.72. The molecule has 7 nitrogen and oxygen atoms in total. The van der Waals surface area contributed by atoms with Crippen LogP contribution in [0.3, 0.4) is 0 Å². The van der Waals surface area contributed by atoms with Gasteiger partial charge in [0.25, 0.3) is 0 Å². The molecule has 1 aliphatic rings. The van der Waals surface area contributed by atoms with Gasteiger partial charge in [-0.25, -0.2) is 13.8 Å². The molecule has 0 aliphatic carbocycles. The molecule has 8 heteroatoms. The molecule has 1 aromatic carbocycles. The number of morpholine rings is 1. The van der Waals surface area contributed by atoms with Crippen LogP contribution in [0, 0.1) is 23.6 Å². The van der Waals surface area contributed by atoms with E-state index in [1.54, 1.807) is 6.07 Å². The van der Waals surface area contributed by atoms with Crippen molar-refractivity contribution < 1.29 is 18.7 Å². The first-order valence-corrected chi connectivity index (χ1v) is 8.86. The van der Waals surface area contributed by atoms with Crippen LogP contribution in [0.2, 0.25) is 0 Å². The molecule has 1 N–H and O–H groups in total. The van der Waals surface area contributed by atoms with Gasteiger partial charge in [0.15, 0.2) is 0 Å². The summed E-state index contributed by atoms with van der Waals surface area (Å²) in [5.41, 5.74) is 1.25. The molecule has 0 radical (unpaired) electrons. The van der Waals surface area contributed by atoms with E-state index in [1.165, 1.54) is 17.7 Å². The average Bonchev–Trinajstić information content (AvgIpc) is 3.02. The van der Waals surface area contributed by atoms with Gasteiger partial charge >= 0.3 is 12.0 Å². The summed E-state index contributed by atoms with van der Waals surface area (Å²) in [7, 11) is 1.42. The van der Waals surface area contributed by atoms with Crippen molar-refractivity contribution in [1.82, 2.24) is 14.9 Å². The largest absolute Gasteiger partial charge is 0.468 e. The number of benzene rings is 1. The second-order valence-electron chi connectivity index (χ2n) is 6.46. The maximum Gasteiger partial charge on any atom is 0.330 e. The SMILES string of the molecule is COc1nc2cc(F)c(N3CCOCC3)cc2n1C(=O)NCC#CC(C)C. The van der Waals surface area contributed by atoms with Gasteiger partial charge < -0.3 is 19.7 Å². The van der Waals surface area contributed by atoms with E-state index in [0.717, 1.165) is 0 Å². The van der Waals surface area contributed by atoms with Crippen LogP contribution in [0.5, 0.6) is 6.01 Å². The Bertz CT molecular complexity index is 892. The molecule has 1 saturated heterocycles. The molecule has 1 fully saturated rings. The van der Waals surface area contributed by atoms with E-state index in [4.69, 9.17) is 9.47 Å². The Morgan fingerprint density at radius 3 is 2.81 bits per heavy atom. The molecule has 0 spiro atoms. The van der Waals surface area contributed by atoms with Crippen molar-refractivity contribution in [3.05, 3.63) is 17.9 Å². The van der Waals surface area contributed by atoms with Gasteiger partial charge in [-0.15, -0.1) is 0 Å². The van der Waals surface area contributed by atoms with Crippen LogP contribution in [0.25, 0.3) is 11.0 Å². The molecule has 1 aliphatic heterocycles. The summed E-state index contributed by atoms with van der Waals surface area (Å²) < 4.78 is 26.4. The van der Waals surface area contributed by atoms with Crippen LogP contribution in [0.15, 0.2) is 12.1 Å². The van der Waals surface area contributed by atoms with E-state index in [0.29, 0.717) is 43.0 Å². The average molecular weight is 374 g/mol. The van der Waals surface area contributed by atoms with Crippen LogP contribution in [0.1, 0.15) is 13.8 Å². The predicted molar refractivity (Wildman–Crippen MR) is 101 cm³/mol. The lowest BCUT2D eigenvalue weighted by atomic mass is 10.2. The zero-order chi connectivity index (χ0) is 19.4. The number of ether oxygens (including phenoxy) is 2. The van der Waals surface area contributed by atoms with Gasteiger partial charge in [-0.3, -0.25) is 0 Å². The third-order valence-electron chi connectivity index (χ3n) is 4.15. The van der Waals surface area contributed by atoms with E-state index in [2.05, 4.69) is 22.1 Å². The van der Waals surface area contributed by atoms with E-state index < -0.39 is 6.03 Å². The van der Waals surface area contributed by atoms with Gasteiger partial charge in [-0.2, -0.15) is 4.98 Å². The number of fused-ring (bicyclic) bond motifs is 1. The summed E-state index contributed by atoms with van der Waals surface area (Å²) in [6, 6.07) is 2.63. The Kier molecular flexibility index (Phi) is 5.81. The number of amides is 1. The fraction of sp³-hybridized carbons (Fsp3) is 0.474. The number of hydrogen-bond acceptors (Lipinski definition) is 5. The first-order chi connectivity index (χ1) is 13.0. The van der Waals surface area contributed by atoms with E-state index in [-0.39, 0.29) is 24.3 Å². The second kappa shape index (κ2) is 8.27. The summed E-state index contributed by atoms with van der Waals surface area (Å²) in [6.07, 6.45) is 0. The molecule has 2 heterocycles. The monoisotopic (exact) mass is 374 g/mol. The number of hydrogen-bond donors (Lipinski definition) is 1. The van der Waals surface area contributed by atoms with Gasteiger partial charge in [0, 0.05) is 25.1 Å². The fourth-order valence-electron chi connectivity index (χ4n) is 2.90. The van der Waals surface area contributed by atoms with Gasteiger partial charge in [0.05, 0.1) is 43.6 Å². The molecule has 0 unspecified atom stereocenters. The van der Waals surface area contributed by atoms with Crippen LogP contribution < -0.4 is 15.0 Å². The summed E-state index contributed by atoms with van der Waals surface area (Å²) in [4.78, 5) is 18.8. The van der Waals surface area contributed by atoms with Crippen molar-refractivity contribution in [2.75, 3.05) is 44.9 Å². The first-order valence-electron chi connectivity index (χ1n) is 8.86. The topological polar surface area (TPSA) is 68.6 Å². The molecule has 0 saturated carbocycles. The predicted octanol–water partition coefficient (Wildman–Crippen LogP) is 2.24. The lowest BCUT2D eigenvalue weighted by molar-refractivity contribution is 0.122. The minimum atomic E-state index is -0.424. The number of anilines is 1. The highest BCUT2D eigenvalue weighted by Gasteiger charge is 2.22. The third kappa shape index (κ3) is 4.14. The minimum absolute atomic E-state index is 0.0952. The lowest BCUT2D eigenvalue weighted by Crippen LogP contribution is -2.36. The number of halogens is 1. The van der Waals surface area contributed by atoms with Crippen molar-refractivity contribution in [3.8, 4) is 17.9 Å². The molecule has 27 heavy (non-hydrogen) atoms. The quantitative estimate of drug-likeness (QED) is 0.835. The van der Waals surface area contributed by atoms with Crippen LogP contribution in [-0.4, -0.2) is 55.5 Å². The Labute approximate surface area is 157 Å². The number of methoxy groups -OCH3 is 1. The van der Waals surface area contributed by atoms with Crippen molar-refractivity contribution >= 4 is 22.8 Å². The normalized spacial score (nSPS) is 14.2. The molecule has 2 aromatic rings. The van der Waals surface area contributed by atoms with E-state index in [1.807, 2.05) is 18.7 Å². The number of carbonyl (C=O) groups is 1. The molecule has 144 valence electrons. The van der Waals surface area contributed by atoms with Gasteiger partial charge in [0.2, 0.25) is 0 Å². The third-order valence-corrected chi connectivity index (χ3v) is 4.15. The highest BCUT2D eigenvalue weighted by molar-refractivity contribution is 5.92. The maximum absolute atomic E-state index is 14.6. The molecule has 3 rings (SSSR count). The van der Waals surface area contributed by atoms with E-state index >= 15 is 0 Å². The zero-order valence-corrected chi connectivity index (χ0v) is 15.7. The molecular formula is C19H23FN4O3. The highest BCUT2D eigenvalue weighted by atomic mass is 19.1. The number of aromatic nitrogens is 2. The lowest BCUT2D eigenvalue weighted by Gasteiger charge is -2.29. The van der Waals surface area contributed by atoms with E-state index in [9.17, 15) is 9.18 Å². The number of carbonyl (C=O) groups excluding carboxylic acids is 1. The molecule has 0 atom stereocenters. The zero-order valence-electron chi connectivity index (χ0n) is 15.7. The minimum Gasteiger partial charge on any atom is -0.468 e. The van der Waals surface area contributed by atoms with Crippen molar-refractivity contribution in [1.29, 1.82) is 0 Å². The number of nitrogens with one attached hydrogen (secondary N) is 1. The van der Waals surface area contributed by atoms with Crippen LogP contribution in [0.4, 0.5) is 14.9 Å². The molecule has 0 bridgehead atoms. The van der Waals surface area contributed by atoms with Gasteiger partial charge in [-0.05, 0) is 6.07 Å². The summed E-state index contributed by atoms with van der Waals surface area (Å²) in [6.45, 7) is 6.41. The maximum atomic E-state index is 14.6. The summed E-state index contributed by atoms with van der Waals surface area (Å²) in [5, 5.41) is 2.72. The fourth-order valence-corrected chi connectivity index (χ4v) is 2.90. The molecule has 1 amide bonds. The van der Waals surface area contributed by atoms with Crippen LogP contribution in [-0.2, 0) is 4.74 Å². The van der Waals surface area contributed by atoms with Crippen LogP contribution >= 0.6 is 0 Å². The summed E-state index contributed by atoms with van der Waals surface area (Å²) >= 11 is 0. The number of nitrogens with zero attached hydrogens (tertiary/aromatic N) is 3. The second-order valence-corrected chi connectivity index (χ2v) is 6.46. The van der Waals surface area contributed by atoms with Gasteiger partial charge in [0.1, 0.15) is 5.82 Å². The van der Waals surface area contributed by atoms with Crippen molar-refractivity contribution in [2.24, 2.45) is 5.92 Å². The standard InChI is InChI=1S/C19H23FN4O3/c1-13(2)5-4-6-21-18(25)24-17-12-16(23-7-9-27-10-8-23)14(20)11-15(17)22-19(24)26-3/h11-13H,6-10H2,1-3H3,(H,21,25).